The van der Waals surface area contributed by atoms with Gasteiger partial charge in [-0.3, -0.25) is 0 Å². The molecule has 2 aliphatic heterocycles. The molecule has 1 aromatic rings. The summed E-state index contributed by atoms with van der Waals surface area (Å²) >= 11 is 0. The van der Waals surface area contributed by atoms with E-state index in [2.05, 4.69) is 72.0 Å². The van der Waals surface area contributed by atoms with E-state index in [9.17, 15) is 0 Å². The van der Waals surface area contributed by atoms with Gasteiger partial charge in [0.15, 0.2) is 0 Å². The highest BCUT2D eigenvalue weighted by atomic mass is 16.6. The first kappa shape index (κ1) is 18.7. The molecule has 1 atom stereocenters. The molecule has 3 nitrogen and oxygen atoms in total. The topological polar surface area (TPSA) is 33.8 Å². The number of hydrogen-bond donors (Lipinski definition) is 1. The molecule has 2 saturated heterocycles. The van der Waals surface area contributed by atoms with Crippen molar-refractivity contribution >= 4 is 0 Å². The van der Waals surface area contributed by atoms with E-state index in [1.165, 1.54) is 11.1 Å². The van der Waals surface area contributed by atoms with Crippen molar-refractivity contribution < 1.29 is 9.47 Å². The van der Waals surface area contributed by atoms with Crippen LogP contribution in [-0.4, -0.2) is 30.4 Å². The summed E-state index contributed by atoms with van der Waals surface area (Å²) in [5.41, 5.74) is 3.13. The van der Waals surface area contributed by atoms with Crippen LogP contribution in [0.15, 0.2) is 18.2 Å². The minimum atomic E-state index is 0.0632. The van der Waals surface area contributed by atoms with Gasteiger partial charge in [0.2, 0.25) is 0 Å². The van der Waals surface area contributed by atoms with Gasteiger partial charge in [-0.1, -0.05) is 32.9 Å². The van der Waals surface area contributed by atoms with Gasteiger partial charge in [-0.2, -0.15) is 0 Å². The van der Waals surface area contributed by atoms with Crippen LogP contribution in [0.25, 0.3) is 0 Å². The summed E-state index contributed by atoms with van der Waals surface area (Å²) in [5.74, 6) is 1.59. The van der Waals surface area contributed by atoms with Gasteiger partial charge in [-0.15, -0.1) is 0 Å². The molecule has 0 radical (unpaired) electrons. The molecule has 0 saturated carbocycles. The molecule has 3 rings (SSSR count). The Bertz CT molecular complexity index is 607. The summed E-state index contributed by atoms with van der Waals surface area (Å²) in [4.78, 5) is 0. The van der Waals surface area contributed by atoms with Crippen LogP contribution in [0.4, 0.5) is 0 Å². The van der Waals surface area contributed by atoms with Crippen molar-refractivity contribution in [3.05, 3.63) is 29.3 Å². The first-order chi connectivity index (χ1) is 11.5. The first-order valence-electron chi connectivity index (χ1n) is 9.63. The number of benzene rings is 1. The van der Waals surface area contributed by atoms with Gasteiger partial charge < -0.3 is 14.8 Å². The number of hydrogen-bond acceptors (Lipinski definition) is 3. The highest BCUT2D eigenvalue weighted by molar-refractivity contribution is 5.43. The fourth-order valence-electron chi connectivity index (χ4n) is 4.42. The zero-order valence-electron chi connectivity index (χ0n) is 17.0. The molecule has 0 aliphatic carbocycles. The molecule has 2 fully saturated rings. The van der Waals surface area contributed by atoms with Gasteiger partial charge in [0.1, 0.15) is 18.5 Å². The van der Waals surface area contributed by atoms with E-state index >= 15 is 0 Å². The summed E-state index contributed by atoms with van der Waals surface area (Å²) in [6, 6.07) is 6.85. The number of rotatable bonds is 4. The zero-order valence-corrected chi connectivity index (χ0v) is 17.0. The van der Waals surface area contributed by atoms with Crippen LogP contribution in [0.1, 0.15) is 78.4 Å². The predicted molar refractivity (Wildman–Crippen MR) is 104 cm³/mol. The van der Waals surface area contributed by atoms with Crippen molar-refractivity contribution in [3.8, 4) is 5.75 Å². The lowest BCUT2D eigenvalue weighted by molar-refractivity contribution is 0.161. The minimum Gasteiger partial charge on any atom is -0.490 e. The lowest BCUT2D eigenvalue weighted by Gasteiger charge is -2.47. The van der Waals surface area contributed by atoms with Crippen molar-refractivity contribution in [2.75, 3.05) is 13.2 Å². The average Bonchev–Trinajstić information content (AvgIpc) is 3.24. The maximum absolute atomic E-state index is 6.07. The quantitative estimate of drug-likeness (QED) is 0.797. The number of epoxide rings is 1. The fourth-order valence-corrected chi connectivity index (χ4v) is 4.42. The lowest BCUT2D eigenvalue weighted by Crippen LogP contribution is -2.57. The van der Waals surface area contributed by atoms with Crippen molar-refractivity contribution in [1.29, 1.82) is 0 Å². The van der Waals surface area contributed by atoms with Gasteiger partial charge in [0, 0.05) is 11.1 Å². The molecule has 2 heterocycles. The average molecular weight is 346 g/mol. The van der Waals surface area contributed by atoms with E-state index in [1.807, 2.05) is 0 Å². The van der Waals surface area contributed by atoms with Crippen molar-refractivity contribution in [2.45, 2.75) is 89.8 Å². The summed E-state index contributed by atoms with van der Waals surface area (Å²) in [5, 5.41) is 3.79. The van der Waals surface area contributed by atoms with Crippen molar-refractivity contribution in [2.24, 2.45) is 0 Å². The third kappa shape index (κ3) is 4.77. The van der Waals surface area contributed by atoms with E-state index in [4.69, 9.17) is 9.47 Å². The Labute approximate surface area is 153 Å². The standard InChI is InChI=1S/C22H35NO2/c1-20(2,3)18-10-15(8-9-19(18)25-14-17-13-24-17)16-11-21(4,5)23-22(6,7)12-16/h8-10,16-17,23H,11-14H2,1-7H3. The Morgan fingerprint density at radius 2 is 1.72 bits per heavy atom. The van der Waals surface area contributed by atoms with Gasteiger partial charge >= 0.3 is 0 Å². The van der Waals surface area contributed by atoms with Crippen molar-refractivity contribution in [3.63, 3.8) is 0 Å². The van der Waals surface area contributed by atoms with E-state index in [1.54, 1.807) is 0 Å². The molecular formula is C22H35NO2. The Morgan fingerprint density at radius 3 is 2.24 bits per heavy atom. The third-order valence-corrected chi connectivity index (χ3v) is 5.30. The van der Waals surface area contributed by atoms with E-state index in [0.717, 1.165) is 25.2 Å². The van der Waals surface area contributed by atoms with Crippen molar-refractivity contribution in [1.82, 2.24) is 5.32 Å². The van der Waals surface area contributed by atoms with Crippen LogP contribution >= 0.6 is 0 Å². The van der Waals surface area contributed by atoms with Gasteiger partial charge in [0.05, 0.1) is 6.61 Å². The molecule has 1 N–H and O–H groups in total. The zero-order chi connectivity index (χ0) is 18.5. The highest BCUT2D eigenvalue weighted by Gasteiger charge is 2.38. The maximum Gasteiger partial charge on any atom is 0.123 e. The largest absolute Gasteiger partial charge is 0.490 e. The maximum atomic E-state index is 6.07. The second kappa shape index (κ2) is 6.28. The summed E-state index contributed by atoms with van der Waals surface area (Å²) < 4.78 is 11.4. The summed E-state index contributed by atoms with van der Waals surface area (Å²) in [7, 11) is 0. The molecule has 0 amide bonds. The van der Waals surface area contributed by atoms with E-state index in [0.29, 0.717) is 18.6 Å². The van der Waals surface area contributed by atoms with Crippen LogP contribution in [-0.2, 0) is 10.2 Å². The first-order valence-corrected chi connectivity index (χ1v) is 9.63. The highest BCUT2D eigenvalue weighted by Crippen LogP contribution is 2.42. The fraction of sp³-hybridized carbons (Fsp3) is 0.727. The second-order valence-electron chi connectivity index (χ2n) is 10.3. The molecule has 3 heteroatoms. The Hall–Kier alpha value is -1.06. The lowest BCUT2D eigenvalue weighted by atomic mass is 9.72. The molecule has 2 aliphatic rings. The van der Waals surface area contributed by atoms with Crippen LogP contribution in [0.3, 0.4) is 0 Å². The van der Waals surface area contributed by atoms with Crippen LogP contribution < -0.4 is 10.1 Å². The SMILES string of the molecule is CC1(C)CC(c2ccc(OCC3CO3)c(C(C)(C)C)c2)CC(C)(C)N1. The molecule has 1 unspecified atom stereocenters. The molecule has 0 spiro atoms. The Kier molecular flexibility index (Phi) is 4.70. The summed E-state index contributed by atoms with van der Waals surface area (Å²) in [6.45, 7) is 17.6. The molecule has 140 valence electrons. The number of nitrogens with one attached hydrogen (secondary N) is 1. The van der Waals surface area contributed by atoms with Crippen LogP contribution in [0.5, 0.6) is 5.75 Å². The Morgan fingerprint density at radius 1 is 1.12 bits per heavy atom. The Balaban J connectivity index is 1.88. The van der Waals surface area contributed by atoms with Gasteiger partial charge in [0.25, 0.3) is 0 Å². The molecule has 25 heavy (non-hydrogen) atoms. The van der Waals surface area contributed by atoms with Crippen LogP contribution in [0.2, 0.25) is 0 Å². The molecular weight excluding hydrogens is 310 g/mol. The van der Waals surface area contributed by atoms with E-state index in [-0.39, 0.29) is 16.5 Å². The number of piperidine rings is 1. The third-order valence-electron chi connectivity index (χ3n) is 5.30. The predicted octanol–water partition coefficient (Wildman–Crippen LogP) is 4.79. The minimum absolute atomic E-state index is 0.0632. The van der Waals surface area contributed by atoms with Crippen LogP contribution in [0, 0.1) is 0 Å². The molecule has 1 aromatic carbocycles. The summed E-state index contributed by atoms with van der Waals surface area (Å²) in [6.07, 6.45) is 2.62. The molecule has 0 aromatic heterocycles. The monoisotopic (exact) mass is 345 g/mol. The second-order valence-corrected chi connectivity index (χ2v) is 10.3. The van der Waals surface area contributed by atoms with Gasteiger partial charge in [-0.05, 0) is 69.1 Å². The normalized spacial score (nSPS) is 25.6. The molecule has 0 bridgehead atoms. The van der Waals surface area contributed by atoms with Gasteiger partial charge in [-0.25, -0.2) is 0 Å². The van der Waals surface area contributed by atoms with E-state index < -0.39 is 0 Å². The smallest absolute Gasteiger partial charge is 0.123 e. The number of ether oxygens (including phenoxy) is 2.